The predicted molar refractivity (Wildman–Crippen MR) is 160 cm³/mol. The average molecular weight is 564 g/mol. The lowest BCUT2D eigenvalue weighted by molar-refractivity contribution is 0.0631. The van der Waals surface area contributed by atoms with Crippen LogP contribution >= 0.6 is 11.6 Å². The van der Waals surface area contributed by atoms with Gasteiger partial charge < -0.3 is 30.8 Å². The Morgan fingerprint density at radius 3 is 2.65 bits per heavy atom. The van der Waals surface area contributed by atoms with E-state index >= 15 is 0 Å². The standard InChI is InChI=1S/C29H34ClN7O3/c1-28(2,3)37(27(38)39)29(10-11-29)16-36(4)23-13-24(40-5)22(12-20(23)31)34-26-33-15-19(30)25(35-26)18-14-32-21-9-7-6-8-17(18)21/h6-9,12-15,32H,10-11,16,31H2,1-5H3,(H,38,39)(H,33,34,35). The molecule has 1 amide bonds. The van der Waals surface area contributed by atoms with E-state index in [1.165, 1.54) is 0 Å². The van der Waals surface area contributed by atoms with Crippen molar-refractivity contribution in [3.63, 3.8) is 0 Å². The maximum absolute atomic E-state index is 12.2. The number of aromatic amines is 1. The van der Waals surface area contributed by atoms with Crippen LogP contribution in [-0.4, -0.2) is 62.8 Å². The molecule has 1 saturated carbocycles. The smallest absolute Gasteiger partial charge is 0.408 e. The second-order valence-corrected chi connectivity index (χ2v) is 11.7. The van der Waals surface area contributed by atoms with E-state index < -0.39 is 17.2 Å². The molecule has 0 unspecified atom stereocenters. The number of ether oxygens (including phenoxy) is 1. The number of anilines is 4. The molecular weight excluding hydrogens is 530 g/mol. The molecule has 0 atom stereocenters. The number of nitrogens with two attached hydrogens (primary N) is 1. The van der Waals surface area contributed by atoms with Gasteiger partial charge in [-0.2, -0.15) is 0 Å². The molecule has 0 radical (unpaired) electrons. The summed E-state index contributed by atoms with van der Waals surface area (Å²) in [6.07, 6.45) is 4.11. The van der Waals surface area contributed by atoms with Crippen molar-refractivity contribution in [2.75, 3.05) is 36.7 Å². The minimum absolute atomic E-state index is 0.336. The summed E-state index contributed by atoms with van der Waals surface area (Å²) in [5, 5.41) is 14.6. The van der Waals surface area contributed by atoms with Gasteiger partial charge in [-0.1, -0.05) is 29.8 Å². The maximum atomic E-state index is 12.2. The summed E-state index contributed by atoms with van der Waals surface area (Å²) in [4.78, 5) is 28.0. The van der Waals surface area contributed by atoms with Crippen LogP contribution in [-0.2, 0) is 0 Å². The number of nitrogen functional groups attached to an aromatic ring is 1. The van der Waals surface area contributed by atoms with Gasteiger partial charge in [-0.15, -0.1) is 0 Å². The van der Waals surface area contributed by atoms with Gasteiger partial charge in [-0.25, -0.2) is 14.8 Å². The summed E-state index contributed by atoms with van der Waals surface area (Å²) < 4.78 is 5.70. The quantitative estimate of drug-likeness (QED) is 0.182. The number of carbonyl (C=O) groups is 1. The van der Waals surface area contributed by atoms with E-state index in [1.54, 1.807) is 24.3 Å². The number of rotatable bonds is 8. The van der Waals surface area contributed by atoms with Crippen molar-refractivity contribution in [1.82, 2.24) is 19.9 Å². The summed E-state index contributed by atoms with van der Waals surface area (Å²) in [6.45, 7) is 6.26. The summed E-state index contributed by atoms with van der Waals surface area (Å²) in [7, 11) is 3.49. The van der Waals surface area contributed by atoms with Crippen LogP contribution in [0.2, 0.25) is 5.02 Å². The van der Waals surface area contributed by atoms with E-state index in [9.17, 15) is 9.90 Å². The molecule has 2 aromatic carbocycles. The van der Waals surface area contributed by atoms with Crippen LogP contribution in [0.5, 0.6) is 5.75 Å². The molecule has 40 heavy (non-hydrogen) atoms. The number of halogens is 1. The predicted octanol–water partition coefficient (Wildman–Crippen LogP) is 6.36. The Bertz CT molecular complexity index is 1580. The molecule has 210 valence electrons. The minimum atomic E-state index is -0.918. The van der Waals surface area contributed by atoms with E-state index in [2.05, 4.69) is 15.3 Å². The Hall–Kier alpha value is -4.18. The number of aromatic nitrogens is 3. The number of hydrogen-bond donors (Lipinski definition) is 4. The number of benzene rings is 2. The number of nitrogens with zero attached hydrogens (tertiary/aromatic N) is 4. The molecule has 0 saturated heterocycles. The Morgan fingerprint density at radius 1 is 1.27 bits per heavy atom. The summed E-state index contributed by atoms with van der Waals surface area (Å²) in [5.74, 6) is 0.877. The van der Waals surface area contributed by atoms with Gasteiger partial charge in [0.1, 0.15) is 5.75 Å². The molecule has 2 heterocycles. The van der Waals surface area contributed by atoms with Crippen molar-refractivity contribution in [3.05, 3.63) is 53.8 Å². The second kappa shape index (κ2) is 10.1. The number of likely N-dealkylation sites (N-methyl/N-ethyl adjacent to an activating group) is 1. The molecule has 1 aliphatic carbocycles. The van der Waals surface area contributed by atoms with Crippen LogP contribution in [0.1, 0.15) is 33.6 Å². The molecule has 5 rings (SSSR count). The third-order valence-corrected chi connectivity index (χ3v) is 7.57. The van der Waals surface area contributed by atoms with Crippen molar-refractivity contribution in [2.45, 2.75) is 44.7 Å². The van der Waals surface area contributed by atoms with E-state index in [4.69, 9.17) is 27.1 Å². The van der Waals surface area contributed by atoms with Gasteiger partial charge >= 0.3 is 6.09 Å². The molecular formula is C29H34ClN7O3. The second-order valence-electron chi connectivity index (χ2n) is 11.2. The number of para-hydroxylation sites is 1. The number of amides is 1. The van der Waals surface area contributed by atoms with Gasteiger partial charge in [-0.05, 0) is 45.7 Å². The number of fused-ring (bicyclic) bond motifs is 1. The molecule has 2 aromatic heterocycles. The van der Waals surface area contributed by atoms with Gasteiger partial charge in [0.15, 0.2) is 0 Å². The van der Waals surface area contributed by atoms with Gasteiger partial charge in [-0.3, -0.25) is 4.90 Å². The van der Waals surface area contributed by atoms with Crippen molar-refractivity contribution in [1.29, 1.82) is 0 Å². The molecule has 4 aromatic rings. The zero-order valence-electron chi connectivity index (χ0n) is 23.2. The Balaban J connectivity index is 1.42. The molecule has 11 heteroatoms. The highest BCUT2D eigenvalue weighted by atomic mass is 35.5. The lowest BCUT2D eigenvalue weighted by atomic mass is 10.0. The fraction of sp³-hybridized carbons (Fsp3) is 0.345. The molecule has 1 aliphatic rings. The van der Waals surface area contributed by atoms with E-state index in [0.717, 1.165) is 35.0 Å². The van der Waals surface area contributed by atoms with Crippen molar-refractivity contribution >= 4 is 51.6 Å². The number of nitrogens with one attached hydrogen (secondary N) is 2. The lowest BCUT2D eigenvalue weighted by Gasteiger charge is -2.42. The first-order chi connectivity index (χ1) is 18.9. The third-order valence-electron chi connectivity index (χ3n) is 7.29. The molecule has 0 spiro atoms. The van der Waals surface area contributed by atoms with Gasteiger partial charge in [0.05, 0.1) is 46.6 Å². The normalized spacial score (nSPS) is 14.2. The number of hydrogen-bond acceptors (Lipinski definition) is 7. The van der Waals surface area contributed by atoms with Crippen molar-refractivity contribution < 1.29 is 14.6 Å². The van der Waals surface area contributed by atoms with Gasteiger partial charge in [0.2, 0.25) is 5.95 Å². The van der Waals surface area contributed by atoms with Crippen LogP contribution in [0.4, 0.5) is 27.8 Å². The highest BCUT2D eigenvalue weighted by Crippen LogP contribution is 2.47. The largest absolute Gasteiger partial charge is 0.494 e. The van der Waals surface area contributed by atoms with Crippen LogP contribution in [0.3, 0.4) is 0 Å². The monoisotopic (exact) mass is 563 g/mol. The zero-order chi connectivity index (χ0) is 28.8. The van der Waals surface area contributed by atoms with Crippen LogP contribution < -0.4 is 20.7 Å². The van der Waals surface area contributed by atoms with Crippen molar-refractivity contribution in [2.24, 2.45) is 0 Å². The zero-order valence-corrected chi connectivity index (χ0v) is 24.0. The fourth-order valence-electron chi connectivity index (χ4n) is 5.51. The number of H-pyrrole nitrogens is 1. The fourth-order valence-corrected chi connectivity index (χ4v) is 5.70. The van der Waals surface area contributed by atoms with Crippen LogP contribution in [0, 0.1) is 0 Å². The molecule has 0 bridgehead atoms. The molecule has 1 fully saturated rings. The number of methoxy groups -OCH3 is 1. The Labute approximate surface area is 238 Å². The summed E-state index contributed by atoms with van der Waals surface area (Å²) in [6, 6.07) is 11.5. The lowest BCUT2D eigenvalue weighted by Crippen LogP contribution is -2.56. The third kappa shape index (κ3) is 5.06. The van der Waals surface area contributed by atoms with E-state index in [-0.39, 0.29) is 0 Å². The first kappa shape index (κ1) is 27.4. The van der Waals surface area contributed by atoms with Gasteiger partial charge in [0, 0.05) is 47.9 Å². The Morgan fingerprint density at radius 2 is 2.00 bits per heavy atom. The van der Waals surface area contributed by atoms with E-state index in [0.29, 0.717) is 40.3 Å². The molecule has 5 N–H and O–H groups in total. The Kier molecular flexibility index (Phi) is 6.91. The average Bonchev–Trinajstić information content (AvgIpc) is 3.50. The SMILES string of the molecule is COc1cc(N(C)CC2(N(C(=O)O)C(C)(C)C)CC2)c(N)cc1Nc1ncc(Cl)c(-c2c[nH]c3ccccc23)n1. The first-order valence-electron chi connectivity index (χ1n) is 13.0. The number of carboxylic acid groups (broad SMARTS) is 1. The molecule has 10 nitrogen and oxygen atoms in total. The summed E-state index contributed by atoms with van der Waals surface area (Å²) >= 11 is 6.50. The first-order valence-corrected chi connectivity index (χ1v) is 13.4. The minimum Gasteiger partial charge on any atom is -0.494 e. The highest BCUT2D eigenvalue weighted by Gasteiger charge is 2.54. The van der Waals surface area contributed by atoms with Gasteiger partial charge in [0.25, 0.3) is 0 Å². The van der Waals surface area contributed by atoms with Crippen LogP contribution in [0.15, 0.2) is 48.8 Å². The maximum Gasteiger partial charge on any atom is 0.408 e. The molecule has 0 aliphatic heterocycles. The van der Waals surface area contributed by atoms with E-state index in [1.807, 2.05) is 69.2 Å². The highest BCUT2D eigenvalue weighted by molar-refractivity contribution is 6.33. The van der Waals surface area contributed by atoms with Crippen LogP contribution in [0.25, 0.3) is 22.2 Å². The summed E-state index contributed by atoms with van der Waals surface area (Å²) in [5.41, 5.74) is 9.81. The topological polar surface area (TPSA) is 133 Å². The van der Waals surface area contributed by atoms with Crippen molar-refractivity contribution in [3.8, 4) is 17.0 Å².